The van der Waals surface area contributed by atoms with Crippen LogP contribution >= 0.6 is 0 Å². The van der Waals surface area contributed by atoms with Crippen LogP contribution in [-0.4, -0.2) is 39.8 Å². The number of aromatic nitrogens is 4. The maximum atomic E-state index is 12.1. The van der Waals surface area contributed by atoms with Gasteiger partial charge in [-0.1, -0.05) is 12.1 Å². The second-order valence-electron chi connectivity index (χ2n) is 5.55. The summed E-state index contributed by atoms with van der Waals surface area (Å²) in [6.07, 6.45) is 1.75. The fraction of sp³-hybridized carbons (Fsp3) is 0.222. The second kappa shape index (κ2) is 8.11. The number of tetrazole rings is 1. The lowest BCUT2D eigenvalue weighted by atomic mass is 10.1. The number of nitrogens with zero attached hydrogens (tertiary/aromatic N) is 4. The molecule has 0 radical (unpaired) electrons. The van der Waals surface area contributed by atoms with Crippen LogP contribution < -0.4 is 14.8 Å². The van der Waals surface area contributed by atoms with Gasteiger partial charge in [-0.15, -0.1) is 5.10 Å². The van der Waals surface area contributed by atoms with Gasteiger partial charge in [-0.25, -0.2) is 4.68 Å². The van der Waals surface area contributed by atoms with E-state index in [0.29, 0.717) is 17.2 Å². The number of rotatable bonds is 7. The maximum Gasteiger partial charge on any atom is 0.227 e. The Morgan fingerprint density at radius 2 is 2.00 bits per heavy atom. The van der Waals surface area contributed by atoms with E-state index in [1.807, 2.05) is 43.3 Å². The van der Waals surface area contributed by atoms with Crippen LogP contribution in [0.25, 0.3) is 5.69 Å². The standard InChI is InChI=1S/C18H19N5O3/c1-13-11-14(7-8-15(13)23-12-19-21-22-23)20-18(24)9-10-26-17-6-4-3-5-16(17)25-2/h3-8,11-12H,9-10H2,1-2H3,(H,20,24). The molecule has 8 nitrogen and oxygen atoms in total. The molecule has 0 bridgehead atoms. The molecule has 3 aromatic rings. The van der Waals surface area contributed by atoms with Gasteiger partial charge in [-0.2, -0.15) is 0 Å². The second-order valence-corrected chi connectivity index (χ2v) is 5.55. The maximum absolute atomic E-state index is 12.1. The van der Waals surface area contributed by atoms with E-state index in [9.17, 15) is 4.79 Å². The molecule has 0 aliphatic heterocycles. The fourth-order valence-corrected chi connectivity index (χ4v) is 2.48. The van der Waals surface area contributed by atoms with Crippen LogP contribution in [0.1, 0.15) is 12.0 Å². The Balaban J connectivity index is 1.54. The Labute approximate surface area is 150 Å². The lowest BCUT2D eigenvalue weighted by molar-refractivity contribution is -0.116. The molecule has 0 fully saturated rings. The molecule has 0 unspecified atom stereocenters. The average Bonchev–Trinajstić information content (AvgIpc) is 3.16. The summed E-state index contributed by atoms with van der Waals surface area (Å²) in [5.74, 6) is 1.13. The van der Waals surface area contributed by atoms with E-state index in [1.54, 1.807) is 17.9 Å². The molecule has 3 rings (SSSR count). The van der Waals surface area contributed by atoms with E-state index in [4.69, 9.17) is 9.47 Å². The zero-order valence-corrected chi connectivity index (χ0v) is 14.5. The topological polar surface area (TPSA) is 91.2 Å². The van der Waals surface area contributed by atoms with Gasteiger partial charge in [0.25, 0.3) is 0 Å². The number of para-hydroxylation sites is 2. The molecular formula is C18H19N5O3. The van der Waals surface area contributed by atoms with Gasteiger partial charge in [0.1, 0.15) is 6.33 Å². The van der Waals surface area contributed by atoms with Gasteiger partial charge >= 0.3 is 0 Å². The molecule has 0 spiro atoms. The highest BCUT2D eigenvalue weighted by atomic mass is 16.5. The summed E-state index contributed by atoms with van der Waals surface area (Å²) in [5.41, 5.74) is 2.51. The Morgan fingerprint density at radius 3 is 2.69 bits per heavy atom. The van der Waals surface area contributed by atoms with Crippen LogP contribution in [0.4, 0.5) is 5.69 Å². The number of hydrogen-bond donors (Lipinski definition) is 1. The number of hydrogen-bond acceptors (Lipinski definition) is 6. The predicted octanol–water partition coefficient (Wildman–Crippen LogP) is 2.39. The average molecular weight is 353 g/mol. The smallest absolute Gasteiger partial charge is 0.227 e. The lowest BCUT2D eigenvalue weighted by Crippen LogP contribution is -2.15. The van der Waals surface area contributed by atoms with E-state index in [1.165, 1.54) is 6.33 Å². The Hall–Kier alpha value is -3.42. The van der Waals surface area contributed by atoms with Gasteiger partial charge in [0, 0.05) is 5.69 Å². The van der Waals surface area contributed by atoms with Gasteiger partial charge < -0.3 is 14.8 Å². The van der Waals surface area contributed by atoms with Crippen LogP contribution in [-0.2, 0) is 4.79 Å². The molecule has 1 heterocycles. The number of aryl methyl sites for hydroxylation is 1. The van der Waals surface area contributed by atoms with Crippen molar-refractivity contribution in [3.8, 4) is 17.2 Å². The monoisotopic (exact) mass is 353 g/mol. The molecule has 26 heavy (non-hydrogen) atoms. The Bertz CT molecular complexity index is 880. The highest BCUT2D eigenvalue weighted by Gasteiger charge is 2.08. The largest absolute Gasteiger partial charge is 0.493 e. The molecule has 134 valence electrons. The highest BCUT2D eigenvalue weighted by Crippen LogP contribution is 2.25. The molecule has 0 saturated heterocycles. The first-order chi connectivity index (χ1) is 12.7. The van der Waals surface area contributed by atoms with Crippen LogP contribution in [0, 0.1) is 6.92 Å². The van der Waals surface area contributed by atoms with Crippen LogP contribution in [0.2, 0.25) is 0 Å². The first-order valence-corrected chi connectivity index (χ1v) is 8.07. The van der Waals surface area contributed by atoms with Crippen molar-refractivity contribution in [3.63, 3.8) is 0 Å². The number of methoxy groups -OCH3 is 1. The normalized spacial score (nSPS) is 10.4. The van der Waals surface area contributed by atoms with Crippen LogP contribution in [0.3, 0.4) is 0 Å². The summed E-state index contributed by atoms with van der Waals surface area (Å²) in [5, 5.41) is 14.0. The summed E-state index contributed by atoms with van der Waals surface area (Å²) in [6.45, 7) is 2.19. The molecule has 2 aromatic carbocycles. The summed E-state index contributed by atoms with van der Waals surface area (Å²) in [7, 11) is 1.58. The number of anilines is 1. The third kappa shape index (κ3) is 4.15. The first kappa shape index (κ1) is 17.4. The van der Waals surface area contributed by atoms with E-state index in [2.05, 4.69) is 20.8 Å². The van der Waals surface area contributed by atoms with Gasteiger partial charge in [-0.3, -0.25) is 4.79 Å². The molecule has 0 saturated carbocycles. The lowest BCUT2D eigenvalue weighted by Gasteiger charge is -2.11. The van der Waals surface area contributed by atoms with E-state index in [0.717, 1.165) is 11.3 Å². The summed E-state index contributed by atoms with van der Waals surface area (Å²) >= 11 is 0. The predicted molar refractivity (Wildman–Crippen MR) is 95.6 cm³/mol. The van der Waals surface area contributed by atoms with Crippen molar-refractivity contribution in [1.82, 2.24) is 20.2 Å². The third-order valence-corrected chi connectivity index (χ3v) is 3.73. The fourth-order valence-electron chi connectivity index (χ4n) is 2.48. The van der Waals surface area contributed by atoms with E-state index < -0.39 is 0 Å². The zero-order valence-electron chi connectivity index (χ0n) is 14.5. The molecule has 0 aliphatic rings. The van der Waals surface area contributed by atoms with Gasteiger partial charge in [0.15, 0.2) is 11.5 Å². The van der Waals surface area contributed by atoms with Crippen LogP contribution in [0.5, 0.6) is 11.5 Å². The minimum atomic E-state index is -0.130. The quantitative estimate of drug-likeness (QED) is 0.701. The third-order valence-electron chi connectivity index (χ3n) is 3.73. The summed E-state index contributed by atoms with van der Waals surface area (Å²) in [6, 6.07) is 12.9. The minimum Gasteiger partial charge on any atom is -0.493 e. The van der Waals surface area contributed by atoms with Crippen LogP contribution in [0.15, 0.2) is 48.8 Å². The number of carbonyl (C=O) groups is 1. The molecule has 0 aliphatic carbocycles. The summed E-state index contributed by atoms with van der Waals surface area (Å²) < 4.78 is 12.4. The number of nitrogens with one attached hydrogen (secondary N) is 1. The van der Waals surface area contributed by atoms with Crippen molar-refractivity contribution in [2.75, 3.05) is 19.0 Å². The van der Waals surface area contributed by atoms with Gasteiger partial charge in [0.05, 0.1) is 25.8 Å². The highest BCUT2D eigenvalue weighted by molar-refractivity contribution is 5.91. The van der Waals surface area contributed by atoms with Crippen molar-refractivity contribution in [3.05, 3.63) is 54.4 Å². The van der Waals surface area contributed by atoms with Crippen molar-refractivity contribution >= 4 is 11.6 Å². The molecule has 0 atom stereocenters. The zero-order chi connectivity index (χ0) is 18.4. The van der Waals surface area contributed by atoms with Gasteiger partial charge in [0.2, 0.25) is 5.91 Å². The van der Waals surface area contributed by atoms with E-state index in [-0.39, 0.29) is 18.9 Å². The Morgan fingerprint density at radius 1 is 1.19 bits per heavy atom. The molecule has 1 amide bonds. The molecule has 1 aromatic heterocycles. The van der Waals surface area contributed by atoms with Crippen molar-refractivity contribution < 1.29 is 14.3 Å². The SMILES string of the molecule is COc1ccccc1OCCC(=O)Nc1ccc(-n2cnnn2)c(C)c1. The van der Waals surface area contributed by atoms with Crippen molar-refractivity contribution in [2.24, 2.45) is 0 Å². The molecular weight excluding hydrogens is 334 g/mol. The number of amides is 1. The Kier molecular flexibility index (Phi) is 5.43. The summed E-state index contributed by atoms with van der Waals surface area (Å²) in [4.78, 5) is 12.1. The minimum absolute atomic E-state index is 0.130. The van der Waals surface area contributed by atoms with Crippen molar-refractivity contribution in [2.45, 2.75) is 13.3 Å². The number of benzene rings is 2. The molecule has 1 N–H and O–H groups in total. The number of carbonyl (C=O) groups excluding carboxylic acids is 1. The van der Waals surface area contributed by atoms with E-state index >= 15 is 0 Å². The number of ether oxygens (including phenoxy) is 2. The first-order valence-electron chi connectivity index (χ1n) is 8.07. The molecule has 8 heteroatoms. The van der Waals surface area contributed by atoms with Gasteiger partial charge in [-0.05, 0) is 53.2 Å². The van der Waals surface area contributed by atoms with Crippen molar-refractivity contribution in [1.29, 1.82) is 0 Å².